The number of hydrogen-bond acceptors (Lipinski definition) is 5. The summed E-state index contributed by atoms with van der Waals surface area (Å²) in [5.41, 5.74) is 0.566. The molecule has 0 spiro atoms. The van der Waals surface area contributed by atoms with Crippen molar-refractivity contribution in [1.82, 2.24) is 4.90 Å². The van der Waals surface area contributed by atoms with Crippen LogP contribution in [-0.4, -0.2) is 40.3 Å². The topological polar surface area (TPSA) is 102 Å². The first-order chi connectivity index (χ1) is 14.3. The molecular formula is C22H25N3O5. The van der Waals surface area contributed by atoms with Crippen molar-refractivity contribution in [2.24, 2.45) is 0 Å². The van der Waals surface area contributed by atoms with Crippen LogP contribution in [0.4, 0.5) is 11.4 Å². The zero-order chi connectivity index (χ0) is 21.7. The van der Waals surface area contributed by atoms with Crippen LogP contribution in [0, 0.1) is 10.1 Å². The molecule has 2 atom stereocenters. The van der Waals surface area contributed by atoms with Crippen LogP contribution in [0.2, 0.25) is 0 Å². The average molecular weight is 411 g/mol. The molecule has 8 heteroatoms. The summed E-state index contributed by atoms with van der Waals surface area (Å²) in [7, 11) is 0. The molecule has 0 bridgehead atoms. The predicted molar refractivity (Wildman–Crippen MR) is 113 cm³/mol. The fourth-order valence-corrected chi connectivity index (χ4v) is 3.73. The van der Waals surface area contributed by atoms with Gasteiger partial charge in [-0.2, -0.15) is 0 Å². The summed E-state index contributed by atoms with van der Waals surface area (Å²) in [6, 6.07) is 12.6. The SMILES string of the molecule is C[C@H]1CCC[C@H](C)N1C(=O)COc1ccc(NC(=O)c2cccc([N+](=O)[O-])c2)cc1. The molecule has 1 saturated heterocycles. The molecule has 158 valence electrons. The lowest BCUT2D eigenvalue weighted by Crippen LogP contribution is -2.49. The monoisotopic (exact) mass is 411 g/mol. The number of nitro benzene ring substituents is 1. The van der Waals surface area contributed by atoms with E-state index in [0.717, 1.165) is 19.3 Å². The molecule has 0 radical (unpaired) electrons. The highest BCUT2D eigenvalue weighted by atomic mass is 16.6. The van der Waals surface area contributed by atoms with Crippen LogP contribution in [0.25, 0.3) is 0 Å². The molecule has 0 saturated carbocycles. The Labute approximate surface area is 175 Å². The molecule has 0 aromatic heterocycles. The number of rotatable bonds is 6. The molecule has 0 aliphatic carbocycles. The van der Waals surface area contributed by atoms with Gasteiger partial charge in [0.1, 0.15) is 5.75 Å². The molecule has 30 heavy (non-hydrogen) atoms. The third kappa shape index (κ3) is 5.14. The van der Waals surface area contributed by atoms with Gasteiger partial charge in [-0.05, 0) is 63.4 Å². The van der Waals surface area contributed by atoms with E-state index in [2.05, 4.69) is 19.2 Å². The minimum absolute atomic E-state index is 0.0299. The quantitative estimate of drug-likeness (QED) is 0.571. The standard InChI is InChI=1S/C22H25N3O5/c1-15-5-3-6-16(2)24(15)21(26)14-30-20-11-9-18(10-12-20)23-22(27)17-7-4-8-19(13-17)25(28)29/h4,7-13,15-16H,3,5-6,14H2,1-2H3,(H,23,27)/t15-,16-/m0/s1. The van der Waals surface area contributed by atoms with Crippen molar-refractivity contribution in [1.29, 1.82) is 0 Å². The number of amides is 2. The fraction of sp³-hybridized carbons (Fsp3) is 0.364. The number of carbonyl (C=O) groups is 2. The third-order valence-corrected chi connectivity index (χ3v) is 5.28. The van der Waals surface area contributed by atoms with E-state index in [-0.39, 0.29) is 35.8 Å². The highest BCUT2D eigenvalue weighted by Crippen LogP contribution is 2.23. The molecule has 2 aromatic carbocycles. The second-order valence-corrected chi connectivity index (χ2v) is 7.50. The molecule has 1 N–H and O–H groups in total. The summed E-state index contributed by atoms with van der Waals surface area (Å²) in [5.74, 6) is 0.0439. The summed E-state index contributed by atoms with van der Waals surface area (Å²) in [6.07, 6.45) is 3.15. The van der Waals surface area contributed by atoms with Crippen LogP contribution < -0.4 is 10.1 Å². The van der Waals surface area contributed by atoms with Crippen LogP contribution in [0.5, 0.6) is 5.75 Å². The average Bonchev–Trinajstić information content (AvgIpc) is 2.73. The molecule has 2 amide bonds. The van der Waals surface area contributed by atoms with Gasteiger partial charge in [0.05, 0.1) is 4.92 Å². The largest absolute Gasteiger partial charge is 0.484 e. The van der Waals surface area contributed by atoms with Gasteiger partial charge in [-0.15, -0.1) is 0 Å². The van der Waals surface area contributed by atoms with Gasteiger partial charge >= 0.3 is 0 Å². The number of non-ortho nitro benzene ring substituents is 1. The Balaban J connectivity index is 1.56. The highest BCUT2D eigenvalue weighted by Gasteiger charge is 2.28. The maximum absolute atomic E-state index is 12.5. The molecule has 1 fully saturated rings. The predicted octanol–water partition coefficient (Wildman–Crippen LogP) is 4.02. The summed E-state index contributed by atoms with van der Waals surface area (Å²) >= 11 is 0. The van der Waals surface area contributed by atoms with Crippen LogP contribution in [0.3, 0.4) is 0 Å². The lowest BCUT2D eigenvalue weighted by atomic mass is 9.97. The Morgan fingerprint density at radius 1 is 1.13 bits per heavy atom. The molecule has 3 rings (SSSR count). The van der Waals surface area contributed by atoms with Gasteiger partial charge in [-0.3, -0.25) is 19.7 Å². The van der Waals surface area contributed by atoms with Crippen LogP contribution >= 0.6 is 0 Å². The number of piperidine rings is 1. The molecular weight excluding hydrogens is 386 g/mol. The van der Waals surface area contributed by atoms with Crippen molar-refractivity contribution in [2.75, 3.05) is 11.9 Å². The molecule has 0 unspecified atom stereocenters. The van der Waals surface area contributed by atoms with Gasteiger partial charge in [0.2, 0.25) is 0 Å². The first-order valence-corrected chi connectivity index (χ1v) is 9.95. The van der Waals surface area contributed by atoms with Crippen molar-refractivity contribution in [3.05, 3.63) is 64.2 Å². The summed E-state index contributed by atoms with van der Waals surface area (Å²) in [4.78, 5) is 37.0. The number of carbonyl (C=O) groups excluding carboxylic acids is 2. The van der Waals surface area contributed by atoms with Crippen molar-refractivity contribution >= 4 is 23.2 Å². The van der Waals surface area contributed by atoms with E-state index in [1.165, 1.54) is 24.3 Å². The van der Waals surface area contributed by atoms with Gasteiger partial charge in [-0.1, -0.05) is 6.07 Å². The Hall–Kier alpha value is -3.42. The van der Waals surface area contributed by atoms with Crippen molar-refractivity contribution in [3.63, 3.8) is 0 Å². The number of hydrogen-bond donors (Lipinski definition) is 1. The number of nitrogens with one attached hydrogen (secondary N) is 1. The normalized spacial score (nSPS) is 18.5. The number of ether oxygens (including phenoxy) is 1. The fourth-order valence-electron chi connectivity index (χ4n) is 3.73. The second-order valence-electron chi connectivity index (χ2n) is 7.50. The minimum Gasteiger partial charge on any atom is -0.484 e. The van der Waals surface area contributed by atoms with Gasteiger partial charge in [0, 0.05) is 35.5 Å². The maximum Gasteiger partial charge on any atom is 0.270 e. The third-order valence-electron chi connectivity index (χ3n) is 5.28. The number of benzene rings is 2. The van der Waals surface area contributed by atoms with E-state index >= 15 is 0 Å². The first kappa shape index (κ1) is 21.3. The van der Waals surface area contributed by atoms with Crippen molar-refractivity contribution in [3.8, 4) is 5.75 Å². The molecule has 1 aliphatic rings. The van der Waals surface area contributed by atoms with E-state index < -0.39 is 10.8 Å². The number of likely N-dealkylation sites (tertiary alicyclic amines) is 1. The first-order valence-electron chi connectivity index (χ1n) is 9.95. The number of nitro groups is 1. The Morgan fingerprint density at radius 3 is 2.43 bits per heavy atom. The zero-order valence-corrected chi connectivity index (χ0v) is 17.0. The lowest BCUT2D eigenvalue weighted by Gasteiger charge is -2.38. The Kier molecular flexibility index (Phi) is 6.66. The van der Waals surface area contributed by atoms with E-state index in [1.54, 1.807) is 24.3 Å². The molecule has 1 heterocycles. The Morgan fingerprint density at radius 2 is 1.80 bits per heavy atom. The molecule has 2 aromatic rings. The Bertz CT molecular complexity index is 919. The van der Waals surface area contributed by atoms with Gasteiger partial charge < -0.3 is 15.0 Å². The smallest absolute Gasteiger partial charge is 0.270 e. The van der Waals surface area contributed by atoms with Crippen molar-refractivity contribution in [2.45, 2.75) is 45.2 Å². The molecule has 8 nitrogen and oxygen atoms in total. The summed E-state index contributed by atoms with van der Waals surface area (Å²) in [5, 5.41) is 13.5. The highest BCUT2D eigenvalue weighted by molar-refractivity contribution is 6.04. The van der Waals surface area contributed by atoms with Gasteiger partial charge in [0.25, 0.3) is 17.5 Å². The second kappa shape index (κ2) is 9.39. The van der Waals surface area contributed by atoms with E-state index in [9.17, 15) is 19.7 Å². The summed E-state index contributed by atoms with van der Waals surface area (Å²) in [6.45, 7) is 4.09. The van der Waals surface area contributed by atoms with E-state index in [0.29, 0.717) is 11.4 Å². The summed E-state index contributed by atoms with van der Waals surface area (Å²) < 4.78 is 5.63. The minimum atomic E-state index is -0.546. The zero-order valence-electron chi connectivity index (χ0n) is 17.0. The molecule has 1 aliphatic heterocycles. The van der Waals surface area contributed by atoms with Crippen molar-refractivity contribution < 1.29 is 19.2 Å². The van der Waals surface area contributed by atoms with Crippen LogP contribution in [-0.2, 0) is 4.79 Å². The van der Waals surface area contributed by atoms with E-state index in [1.807, 2.05) is 4.90 Å². The van der Waals surface area contributed by atoms with Crippen LogP contribution in [0.1, 0.15) is 43.5 Å². The lowest BCUT2D eigenvalue weighted by molar-refractivity contribution is -0.384. The van der Waals surface area contributed by atoms with Gasteiger partial charge in [0.15, 0.2) is 6.61 Å². The van der Waals surface area contributed by atoms with Gasteiger partial charge in [-0.25, -0.2) is 0 Å². The number of nitrogens with zero attached hydrogens (tertiary/aromatic N) is 2. The van der Waals surface area contributed by atoms with E-state index in [4.69, 9.17) is 4.74 Å². The maximum atomic E-state index is 12.5. The number of anilines is 1. The van der Waals surface area contributed by atoms with Crippen LogP contribution in [0.15, 0.2) is 48.5 Å².